The lowest BCUT2D eigenvalue weighted by Crippen LogP contribution is -2.36. The van der Waals surface area contributed by atoms with Gasteiger partial charge in [0.1, 0.15) is 18.3 Å². The molecule has 0 spiro atoms. The number of aryl methyl sites for hydroxylation is 1. The molecular weight excluding hydrogens is 338 g/mol. The first-order chi connectivity index (χ1) is 12.2. The normalized spacial score (nSPS) is 16.8. The molecule has 6 nitrogen and oxygen atoms in total. The van der Waals surface area contributed by atoms with Crippen LogP contribution in [0.2, 0.25) is 5.02 Å². The van der Waals surface area contributed by atoms with E-state index in [4.69, 9.17) is 16.3 Å². The summed E-state index contributed by atoms with van der Waals surface area (Å²) in [5, 5.41) is 4.17. The maximum absolute atomic E-state index is 5.99. The van der Waals surface area contributed by atoms with Crippen LogP contribution in [0.25, 0.3) is 11.3 Å². The molecule has 130 valence electrons. The Bertz CT molecular complexity index is 855. The number of imidazole rings is 2. The topological polar surface area (TPSA) is 56.9 Å². The number of hydrogen-bond donors (Lipinski definition) is 1. The third-order valence-corrected chi connectivity index (χ3v) is 4.74. The number of rotatable bonds is 5. The van der Waals surface area contributed by atoms with Crippen LogP contribution < -0.4 is 5.32 Å². The average Bonchev–Trinajstić information content (AvgIpc) is 3.22. The van der Waals surface area contributed by atoms with E-state index < -0.39 is 0 Å². The predicted octanol–water partition coefficient (Wildman–Crippen LogP) is 2.63. The molecule has 1 aliphatic heterocycles. The molecule has 0 fully saturated rings. The van der Waals surface area contributed by atoms with Crippen LogP contribution in [0.1, 0.15) is 11.6 Å². The summed E-state index contributed by atoms with van der Waals surface area (Å²) in [4.78, 5) is 8.81. The van der Waals surface area contributed by atoms with E-state index in [0.717, 1.165) is 47.6 Å². The molecule has 3 heterocycles. The van der Waals surface area contributed by atoms with Crippen molar-refractivity contribution in [3.05, 3.63) is 59.5 Å². The monoisotopic (exact) mass is 357 g/mol. The standard InChI is InChI=1S/C18H20ClN5O/c1-23-7-6-21-17(23)10-20-8-15-11-24-16(9-22-18(24)12-25-15)13-2-4-14(19)5-3-13/h2-7,9,15,20H,8,10-12H2,1H3/t15-/m0/s1. The van der Waals surface area contributed by atoms with Gasteiger partial charge in [-0.05, 0) is 17.7 Å². The van der Waals surface area contributed by atoms with Crippen LogP contribution in [0.5, 0.6) is 0 Å². The van der Waals surface area contributed by atoms with E-state index >= 15 is 0 Å². The third-order valence-electron chi connectivity index (χ3n) is 4.49. The highest BCUT2D eigenvalue weighted by Crippen LogP contribution is 2.26. The molecule has 0 radical (unpaired) electrons. The van der Waals surface area contributed by atoms with Crippen molar-refractivity contribution in [3.63, 3.8) is 0 Å². The van der Waals surface area contributed by atoms with E-state index in [1.165, 1.54) is 0 Å². The maximum atomic E-state index is 5.99. The molecule has 0 saturated heterocycles. The van der Waals surface area contributed by atoms with E-state index in [9.17, 15) is 0 Å². The maximum Gasteiger partial charge on any atom is 0.135 e. The Morgan fingerprint density at radius 3 is 2.88 bits per heavy atom. The summed E-state index contributed by atoms with van der Waals surface area (Å²) < 4.78 is 10.2. The van der Waals surface area contributed by atoms with Gasteiger partial charge in [0.25, 0.3) is 0 Å². The van der Waals surface area contributed by atoms with Crippen LogP contribution in [0.4, 0.5) is 0 Å². The molecule has 4 rings (SSSR count). The van der Waals surface area contributed by atoms with Gasteiger partial charge in [-0.2, -0.15) is 0 Å². The summed E-state index contributed by atoms with van der Waals surface area (Å²) >= 11 is 5.99. The van der Waals surface area contributed by atoms with Gasteiger partial charge in [-0.1, -0.05) is 23.7 Å². The second-order valence-electron chi connectivity index (χ2n) is 6.20. The molecule has 3 aromatic rings. The minimum atomic E-state index is 0.105. The van der Waals surface area contributed by atoms with Crippen molar-refractivity contribution >= 4 is 11.6 Å². The second kappa shape index (κ2) is 7.00. The lowest BCUT2D eigenvalue weighted by Gasteiger charge is -2.26. The highest BCUT2D eigenvalue weighted by molar-refractivity contribution is 6.30. The Kier molecular flexibility index (Phi) is 4.57. The second-order valence-corrected chi connectivity index (χ2v) is 6.63. The Hall–Kier alpha value is -2.15. The van der Waals surface area contributed by atoms with Crippen LogP contribution >= 0.6 is 11.6 Å². The Morgan fingerprint density at radius 2 is 2.12 bits per heavy atom. The number of nitrogens with zero attached hydrogens (tertiary/aromatic N) is 4. The fourth-order valence-corrected chi connectivity index (χ4v) is 3.19. The first-order valence-electron chi connectivity index (χ1n) is 8.29. The van der Waals surface area contributed by atoms with Gasteiger partial charge in [0.05, 0.1) is 31.1 Å². The van der Waals surface area contributed by atoms with E-state index in [-0.39, 0.29) is 6.10 Å². The summed E-state index contributed by atoms with van der Waals surface area (Å²) in [6.07, 6.45) is 5.77. The molecule has 0 unspecified atom stereocenters. The zero-order valence-electron chi connectivity index (χ0n) is 14.0. The Labute approximate surface area is 151 Å². The summed E-state index contributed by atoms with van der Waals surface area (Å²) in [6, 6.07) is 7.86. The van der Waals surface area contributed by atoms with Crippen molar-refractivity contribution in [2.45, 2.75) is 25.8 Å². The number of nitrogens with one attached hydrogen (secondary N) is 1. The predicted molar refractivity (Wildman–Crippen MR) is 96.2 cm³/mol. The van der Waals surface area contributed by atoms with Crippen LogP contribution in [0, 0.1) is 0 Å². The van der Waals surface area contributed by atoms with Crippen molar-refractivity contribution < 1.29 is 4.74 Å². The van der Waals surface area contributed by atoms with Crippen molar-refractivity contribution in [2.75, 3.05) is 6.54 Å². The molecule has 2 aromatic heterocycles. The third kappa shape index (κ3) is 3.46. The van der Waals surface area contributed by atoms with E-state index in [1.807, 2.05) is 54.5 Å². The largest absolute Gasteiger partial charge is 0.367 e. The fraction of sp³-hybridized carbons (Fsp3) is 0.333. The van der Waals surface area contributed by atoms with Gasteiger partial charge in [0, 0.05) is 31.0 Å². The van der Waals surface area contributed by atoms with Gasteiger partial charge in [-0.25, -0.2) is 9.97 Å². The van der Waals surface area contributed by atoms with Crippen LogP contribution in [0.3, 0.4) is 0 Å². The van der Waals surface area contributed by atoms with Crippen LogP contribution in [-0.4, -0.2) is 31.8 Å². The van der Waals surface area contributed by atoms with Crippen molar-refractivity contribution in [1.29, 1.82) is 0 Å². The first kappa shape index (κ1) is 16.3. The van der Waals surface area contributed by atoms with Crippen molar-refractivity contribution in [2.24, 2.45) is 7.05 Å². The van der Waals surface area contributed by atoms with E-state index in [1.54, 1.807) is 0 Å². The summed E-state index contributed by atoms with van der Waals surface area (Å²) in [7, 11) is 2.00. The highest BCUT2D eigenvalue weighted by Gasteiger charge is 2.22. The smallest absolute Gasteiger partial charge is 0.135 e. The first-order valence-corrected chi connectivity index (χ1v) is 8.67. The average molecular weight is 358 g/mol. The number of halogens is 1. The molecule has 25 heavy (non-hydrogen) atoms. The number of benzene rings is 1. The molecule has 0 bridgehead atoms. The van der Waals surface area contributed by atoms with Gasteiger partial charge in [0.15, 0.2) is 0 Å². The van der Waals surface area contributed by atoms with Crippen LogP contribution in [0.15, 0.2) is 42.9 Å². The van der Waals surface area contributed by atoms with Gasteiger partial charge in [0.2, 0.25) is 0 Å². The quantitative estimate of drug-likeness (QED) is 0.762. The Morgan fingerprint density at radius 1 is 1.28 bits per heavy atom. The molecule has 1 aliphatic rings. The number of hydrogen-bond acceptors (Lipinski definition) is 4. The van der Waals surface area contributed by atoms with Crippen molar-refractivity contribution in [3.8, 4) is 11.3 Å². The Balaban J connectivity index is 1.43. The molecule has 1 atom stereocenters. The number of ether oxygens (including phenoxy) is 1. The fourth-order valence-electron chi connectivity index (χ4n) is 3.07. The zero-order chi connectivity index (χ0) is 17.2. The highest BCUT2D eigenvalue weighted by atomic mass is 35.5. The van der Waals surface area contributed by atoms with Gasteiger partial charge < -0.3 is 19.2 Å². The van der Waals surface area contributed by atoms with E-state index in [2.05, 4.69) is 19.9 Å². The molecule has 0 amide bonds. The molecule has 0 saturated carbocycles. The number of fused-ring (bicyclic) bond motifs is 1. The summed E-state index contributed by atoms with van der Waals surface area (Å²) in [5.41, 5.74) is 2.22. The van der Waals surface area contributed by atoms with Crippen LogP contribution in [-0.2, 0) is 31.5 Å². The minimum absolute atomic E-state index is 0.105. The molecule has 1 aromatic carbocycles. The SMILES string of the molecule is Cn1ccnc1CNC[C@H]1Cn2c(-c3ccc(Cl)cc3)cnc2CO1. The minimum Gasteiger partial charge on any atom is -0.367 e. The summed E-state index contributed by atoms with van der Waals surface area (Å²) in [5.74, 6) is 1.98. The van der Waals surface area contributed by atoms with Gasteiger partial charge in [-0.3, -0.25) is 0 Å². The molecule has 0 aliphatic carbocycles. The van der Waals surface area contributed by atoms with Gasteiger partial charge in [-0.15, -0.1) is 0 Å². The molecular formula is C18H20ClN5O. The summed E-state index contributed by atoms with van der Waals surface area (Å²) in [6.45, 7) is 2.80. The molecule has 7 heteroatoms. The zero-order valence-corrected chi connectivity index (χ0v) is 14.8. The van der Waals surface area contributed by atoms with Gasteiger partial charge >= 0.3 is 0 Å². The lowest BCUT2D eigenvalue weighted by atomic mass is 10.1. The number of aromatic nitrogens is 4. The van der Waals surface area contributed by atoms with Crippen molar-refractivity contribution in [1.82, 2.24) is 24.4 Å². The lowest BCUT2D eigenvalue weighted by molar-refractivity contribution is 0.00315. The van der Waals surface area contributed by atoms with E-state index in [0.29, 0.717) is 6.61 Å². The molecule has 1 N–H and O–H groups in total.